The smallest absolute Gasteiger partial charge is 0.211 e. The van der Waals surface area contributed by atoms with E-state index in [4.69, 9.17) is 11.6 Å². The summed E-state index contributed by atoms with van der Waals surface area (Å²) in [7, 11) is -3.09. The van der Waals surface area contributed by atoms with Crippen LogP contribution in [0.2, 0.25) is 0 Å². The second-order valence-electron chi connectivity index (χ2n) is 3.37. The fourth-order valence-corrected chi connectivity index (χ4v) is 2.97. The molecule has 1 unspecified atom stereocenters. The molecule has 0 amide bonds. The molecule has 0 aromatic heterocycles. The van der Waals surface area contributed by atoms with E-state index in [1.807, 2.05) is 13.8 Å². The van der Waals surface area contributed by atoms with Crippen LogP contribution in [0.4, 0.5) is 0 Å². The summed E-state index contributed by atoms with van der Waals surface area (Å²) in [6.07, 6.45) is 3.10. The van der Waals surface area contributed by atoms with Crippen LogP contribution in [0.15, 0.2) is 0 Å². The molecule has 0 aliphatic rings. The first-order valence-electron chi connectivity index (χ1n) is 5.11. The van der Waals surface area contributed by atoms with Gasteiger partial charge >= 0.3 is 0 Å². The minimum absolute atomic E-state index is 0.00523. The van der Waals surface area contributed by atoms with Crippen molar-refractivity contribution in [3.63, 3.8) is 0 Å². The molecule has 0 spiro atoms. The third-order valence-corrected chi connectivity index (χ3v) is 3.80. The van der Waals surface area contributed by atoms with Gasteiger partial charge in [0.1, 0.15) is 0 Å². The van der Waals surface area contributed by atoms with Crippen LogP contribution >= 0.6 is 11.6 Å². The van der Waals surface area contributed by atoms with E-state index in [1.54, 1.807) is 0 Å². The minimum atomic E-state index is -3.09. The second-order valence-corrected chi connectivity index (χ2v) is 5.62. The van der Waals surface area contributed by atoms with Crippen LogP contribution in [-0.2, 0) is 10.0 Å². The third-order valence-electron chi connectivity index (χ3n) is 2.06. The molecule has 1 atom stereocenters. The predicted molar refractivity (Wildman–Crippen MR) is 61.2 cm³/mol. The van der Waals surface area contributed by atoms with Crippen molar-refractivity contribution in [1.82, 2.24) is 4.72 Å². The van der Waals surface area contributed by atoms with Crippen LogP contribution in [0.5, 0.6) is 0 Å². The van der Waals surface area contributed by atoms with Gasteiger partial charge < -0.3 is 0 Å². The van der Waals surface area contributed by atoms with Gasteiger partial charge in [-0.25, -0.2) is 13.1 Å². The zero-order valence-corrected chi connectivity index (χ0v) is 10.5. The molecule has 0 saturated carbocycles. The zero-order valence-electron chi connectivity index (χ0n) is 8.92. The highest BCUT2D eigenvalue weighted by atomic mass is 35.5. The lowest BCUT2D eigenvalue weighted by atomic mass is 10.2. The Labute approximate surface area is 92.3 Å². The Balaban J connectivity index is 4.04. The normalized spacial score (nSPS) is 14.2. The Hall–Kier alpha value is 0.200. The largest absolute Gasteiger partial charge is 0.212 e. The van der Waals surface area contributed by atoms with Gasteiger partial charge in [0.15, 0.2) is 0 Å². The molecule has 0 saturated heterocycles. The van der Waals surface area contributed by atoms with Crippen molar-refractivity contribution in [2.75, 3.05) is 11.6 Å². The molecule has 0 fully saturated rings. The number of nitrogens with one attached hydrogen (secondary N) is 1. The highest BCUT2D eigenvalue weighted by Crippen LogP contribution is 2.03. The van der Waals surface area contributed by atoms with Crippen molar-refractivity contribution in [3.8, 4) is 0 Å². The topological polar surface area (TPSA) is 46.2 Å². The lowest BCUT2D eigenvalue weighted by molar-refractivity contribution is 0.529. The van der Waals surface area contributed by atoms with E-state index < -0.39 is 10.0 Å². The predicted octanol–water partition coefficient (Wildman–Crippen LogP) is 2.11. The van der Waals surface area contributed by atoms with Gasteiger partial charge in [-0.2, -0.15) is 0 Å². The van der Waals surface area contributed by atoms with Crippen LogP contribution in [0, 0.1) is 0 Å². The molecule has 0 aliphatic carbocycles. The Morgan fingerprint density at radius 1 is 1.36 bits per heavy atom. The molecule has 0 aromatic carbocycles. The summed E-state index contributed by atoms with van der Waals surface area (Å²) in [6, 6.07) is -0.00523. The Morgan fingerprint density at radius 3 is 2.43 bits per heavy atom. The summed E-state index contributed by atoms with van der Waals surface area (Å²) >= 11 is 5.57. The second kappa shape index (κ2) is 7.49. The molecule has 86 valence electrons. The average molecular weight is 242 g/mol. The Morgan fingerprint density at radius 2 is 2.00 bits per heavy atom. The number of hydrogen-bond acceptors (Lipinski definition) is 2. The molecule has 0 rings (SSSR count). The van der Waals surface area contributed by atoms with Gasteiger partial charge in [0.25, 0.3) is 0 Å². The molecule has 0 aromatic rings. The zero-order chi connectivity index (χ0) is 11.0. The Bertz CT molecular complexity index is 229. The first-order chi connectivity index (χ1) is 6.55. The van der Waals surface area contributed by atoms with Crippen molar-refractivity contribution in [3.05, 3.63) is 0 Å². The molecule has 0 radical (unpaired) electrons. The van der Waals surface area contributed by atoms with E-state index in [1.165, 1.54) is 0 Å². The van der Waals surface area contributed by atoms with Crippen molar-refractivity contribution >= 4 is 21.6 Å². The summed E-state index contributed by atoms with van der Waals surface area (Å²) in [5.41, 5.74) is 0. The van der Waals surface area contributed by atoms with Gasteiger partial charge in [-0.1, -0.05) is 20.3 Å². The van der Waals surface area contributed by atoms with E-state index in [2.05, 4.69) is 4.72 Å². The Kier molecular flexibility index (Phi) is 7.59. The number of sulfonamides is 1. The van der Waals surface area contributed by atoms with E-state index in [0.717, 1.165) is 12.8 Å². The summed E-state index contributed by atoms with van der Waals surface area (Å²) in [4.78, 5) is 0. The van der Waals surface area contributed by atoms with Gasteiger partial charge in [-0.15, -0.1) is 11.6 Å². The molecule has 3 nitrogen and oxygen atoms in total. The van der Waals surface area contributed by atoms with Crippen LogP contribution in [0.3, 0.4) is 0 Å². The first-order valence-corrected chi connectivity index (χ1v) is 7.30. The number of unbranched alkanes of at least 4 members (excludes halogenated alkanes) is 1. The average Bonchev–Trinajstić information content (AvgIpc) is 2.14. The van der Waals surface area contributed by atoms with Crippen LogP contribution in [-0.4, -0.2) is 26.1 Å². The monoisotopic (exact) mass is 241 g/mol. The number of alkyl halides is 1. The van der Waals surface area contributed by atoms with Crippen molar-refractivity contribution in [2.45, 2.75) is 45.6 Å². The van der Waals surface area contributed by atoms with E-state index in [9.17, 15) is 8.42 Å². The maximum absolute atomic E-state index is 11.5. The summed E-state index contributed by atoms with van der Waals surface area (Å²) in [5.74, 6) is 0.719. The fourth-order valence-electron chi connectivity index (χ4n) is 1.13. The van der Waals surface area contributed by atoms with E-state index >= 15 is 0 Å². The summed E-state index contributed by atoms with van der Waals surface area (Å²) in [6.45, 7) is 3.94. The lowest BCUT2D eigenvalue weighted by Crippen LogP contribution is -2.36. The molecule has 1 N–H and O–H groups in total. The van der Waals surface area contributed by atoms with Crippen molar-refractivity contribution < 1.29 is 8.42 Å². The SMILES string of the molecule is CCCCS(=O)(=O)NC(CC)CCCl. The summed E-state index contributed by atoms with van der Waals surface area (Å²) < 4.78 is 25.6. The number of halogens is 1. The van der Waals surface area contributed by atoms with Crippen LogP contribution < -0.4 is 4.72 Å². The van der Waals surface area contributed by atoms with Gasteiger partial charge in [0.2, 0.25) is 10.0 Å². The molecule has 0 aliphatic heterocycles. The fraction of sp³-hybridized carbons (Fsp3) is 1.00. The molecular weight excluding hydrogens is 222 g/mol. The maximum Gasteiger partial charge on any atom is 0.211 e. The van der Waals surface area contributed by atoms with Gasteiger partial charge in [0, 0.05) is 11.9 Å². The highest BCUT2D eigenvalue weighted by molar-refractivity contribution is 7.89. The highest BCUT2D eigenvalue weighted by Gasteiger charge is 2.15. The molecule has 14 heavy (non-hydrogen) atoms. The number of rotatable bonds is 8. The van der Waals surface area contributed by atoms with E-state index in [-0.39, 0.29) is 11.8 Å². The molecular formula is C9H20ClNO2S. The quantitative estimate of drug-likeness (QED) is 0.662. The standard InChI is InChI=1S/C9H20ClNO2S/c1-3-5-8-14(12,13)11-9(4-2)6-7-10/h9,11H,3-8H2,1-2H3. The molecule has 0 bridgehead atoms. The van der Waals surface area contributed by atoms with Crippen LogP contribution in [0.1, 0.15) is 39.5 Å². The van der Waals surface area contributed by atoms with Crippen LogP contribution in [0.25, 0.3) is 0 Å². The minimum Gasteiger partial charge on any atom is -0.212 e. The maximum atomic E-state index is 11.5. The van der Waals surface area contributed by atoms with Gasteiger partial charge in [-0.3, -0.25) is 0 Å². The summed E-state index contributed by atoms with van der Waals surface area (Å²) in [5, 5.41) is 0. The molecule has 5 heteroatoms. The first kappa shape index (κ1) is 14.2. The lowest BCUT2D eigenvalue weighted by Gasteiger charge is -2.15. The van der Waals surface area contributed by atoms with Crippen molar-refractivity contribution in [2.24, 2.45) is 0 Å². The third kappa shape index (κ3) is 6.62. The van der Waals surface area contributed by atoms with Crippen molar-refractivity contribution in [1.29, 1.82) is 0 Å². The van der Waals surface area contributed by atoms with E-state index in [0.29, 0.717) is 18.7 Å². The number of hydrogen-bond donors (Lipinski definition) is 1. The van der Waals surface area contributed by atoms with Gasteiger partial charge in [0.05, 0.1) is 5.75 Å². The molecule has 0 heterocycles. The van der Waals surface area contributed by atoms with Gasteiger partial charge in [-0.05, 0) is 19.3 Å².